The van der Waals surface area contributed by atoms with Crippen LogP contribution in [0, 0.1) is 5.92 Å². The lowest BCUT2D eigenvalue weighted by Gasteiger charge is -2.33. The highest BCUT2D eigenvalue weighted by molar-refractivity contribution is 5.99. The van der Waals surface area contributed by atoms with E-state index in [2.05, 4.69) is 15.2 Å². The first kappa shape index (κ1) is 38.5. The zero-order valence-corrected chi connectivity index (χ0v) is 28.5. The number of pyridine rings is 1. The smallest absolute Gasteiger partial charge is 0.352 e. The van der Waals surface area contributed by atoms with Crippen LogP contribution >= 0.6 is 0 Å². The zero-order valence-electron chi connectivity index (χ0n) is 28.5. The molecule has 1 saturated heterocycles. The Morgan fingerprint density at radius 1 is 1.02 bits per heavy atom. The van der Waals surface area contributed by atoms with Crippen molar-refractivity contribution in [2.24, 2.45) is 11.7 Å². The molecule has 11 nitrogen and oxygen atoms in total. The monoisotopic (exact) mass is 695 g/mol. The number of hydrogen-bond acceptors (Lipinski definition) is 9. The SMILES string of the molecule is CC(C)[C@H](N)C(=O)NC(Cc1ccc(OCCN2CCOCC2)cc1)C(O)C(F)(F)C(=O)N(Cc1ccccc1)C(=O)CCc1cccnc1. The molecule has 50 heavy (non-hydrogen) atoms. The van der Waals surface area contributed by atoms with Crippen molar-refractivity contribution in [1.29, 1.82) is 0 Å². The molecule has 4 rings (SSSR count). The highest BCUT2D eigenvalue weighted by Crippen LogP contribution is 2.28. The quantitative estimate of drug-likeness (QED) is 0.194. The van der Waals surface area contributed by atoms with Gasteiger partial charge in [-0.05, 0) is 53.6 Å². The van der Waals surface area contributed by atoms with Gasteiger partial charge in [0.05, 0.1) is 31.8 Å². The van der Waals surface area contributed by atoms with Gasteiger partial charge in [-0.1, -0.05) is 62.4 Å². The Kier molecular flexibility index (Phi) is 14.3. The van der Waals surface area contributed by atoms with Crippen LogP contribution in [0.4, 0.5) is 8.78 Å². The number of hydrogen-bond donors (Lipinski definition) is 3. The second-order valence-corrected chi connectivity index (χ2v) is 12.7. The molecule has 270 valence electrons. The topological polar surface area (TPSA) is 147 Å². The Labute approximate surface area is 291 Å². The van der Waals surface area contributed by atoms with Gasteiger partial charge in [0, 0.05) is 38.4 Å². The van der Waals surface area contributed by atoms with Crippen LogP contribution in [-0.4, -0.2) is 101 Å². The lowest BCUT2D eigenvalue weighted by atomic mass is 9.94. The molecule has 1 aliphatic heterocycles. The number of rotatable bonds is 17. The van der Waals surface area contributed by atoms with E-state index in [0.717, 1.165) is 19.6 Å². The van der Waals surface area contributed by atoms with Crippen LogP contribution in [0.2, 0.25) is 0 Å². The van der Waals surface area contributed by atoms with Gasteiger partial charge in [0.15, 0.2) is 0 Å². The van der Waals surface area contributed by atoms with Crippen LogP contribution < -0.4 is 15.8 Å². The third kappa shape index (κ3) is 11.1. The summed E-state index contributed by atoms with van der Waals surface area (Å²) >= 11 is 0. The van der Waals surface area contributed by atoms with Crippen LogP contribution in [-0.2, 0) is 38.5 Å². The molecule has 0 aliphatic carbocycles. The van der Waals surface area contributed by atoms with Gasteiger partial charge in [-0.2, -0.15) is 8.78 Å². The first-order chi connectivity index (χ1) is 24.0. The summed E-state index contributed by atoms with van der Waals surface area (Å²) < 4.78 is 43.6. The second kappa shape index (κ2) is 18.6. The normalized spacial score (nSPS) is 15.6. The minimum Gasteiger partial charge on any atom is -0.492 e. The maximum Gasteiger partial charge on any atom is 0.352 e. The molecule has 3 atom stereocenters. The van der Waals surface area contributed by atoms with Crippen LogP contribution in [0.25, 0.3) is 0 Å². The fraction of sp³-hybridized carbons (Fsp3) is 0.459. The van der Waals surface area contributed by atoms with Gasteiger partial charge in [-0.15, -0.1) is 0 Å². The van der Waals surface area contributed by atoms with Gasteiger partial charge in [0.2, 0.25) is 11.8 Å². The standard InChI is InChI=1S/C37H47F2N5O6/c1-26(2)33(40)35(47)42-31(23-27-10-13-30(14-11-27)50-22-19-43-17-20-49-21-18-43)34(46)37(38,39)36(48)44(25-29-7-4-3-5-8-29)32(45)15-12-28-9-6-16-41-24-28/h3-11,13-14,16,24,26,31,33-34,46H,12,15,17-23,25,40H2,1-2H3,(H,42,47)/t31?,33-,34?/m0/s1. The summed E-state index contributed by atoms with van der Waals surface area (Å²) in [5.74, 6) is -7.72. The Morgan fingerprint density at radius 2 is 1.70 bits per heavy atom. The van der Waals surface area contributed by atoms with Crippen molar-refractivity contribution in [3.8, 4) is 5.75 Å². The van der Waals surface area contributed by atoms with Gasteiger partial charge >= 0.3 is 11.8 Å². The number of aliphatic hydroxyl groups excluding tert-OH is 1. The molecular formula is C37H47F2N5O6. The molecule has 2 unspecified atom stereocenters. The zero-order chi connectivity index (χ0) is 36.1. The number of carbonyl (C=O) groups is 3. The van der Waals surface area contributed by atoms with Crippen molar-refractivity contribution in [3.05, 3.63) is 95.8 Å². The summed E-state index contributed by atoms with van der Waals surface area (Å²) in [6, 6.07) is 15.6. The number of halogens is 2. The van der Waals surface area contributed by atoms with Gasteiger partial charge in [0.1, 0.15) is 18.5 Å². The minimum absolute atomic E-state index is 0.165. The van der Waals surface area contributed by atoms with E-state index in [1.807, 2.05) is 0 Å². The van der Waals surface area contributed by atoms with E-state index in [-0.39, 0.29) is 25.2 Å². The largest absolute Gasteiger partial charge is 0.492 e. The number of aliphatic hydroxyl groups is 1. The number of nitrogens with zero attached hydrogens (tertiary/aromatic N) is 3. The average Bonchev–Trinajstić information content (AvgIpc) is 3.13. The molecule has 3 aromatic rings. The first-order valence-corrected chi connectivity index (χ1v) is 16.9. The van der Waals surface area contributed by atoms with E-state index in [1.165, 1.54) is 0 Å². The molecule has 0 bridgehead atoms. The van der Waals surface area contributed by atoms with Crippen LogP contribution in [0.5, 0.6) is 5.75 Å². The van der Waals surface area contributed by atoms with Crippen LogP contribution in [0.15, 0.2) is 79.1 Å². The molecule has 4 N–H and O–H groups in total. The third-order valence-corrected chi connectivity index (χ3v) is 8.63. The highest BCUT2D eigenvalue weighted by Gasteiger charge is 2.53. The minimum atomic E-state index is -4.47. The highest BCUT2D eigenvalue weighted by atomic mass is 19.3. The van der Waals surface area contributed by atoms with Crippen molar-refractivity contribution in [1.82, 2.24) is 20.1 Å². The number of aromatic nitrogens is 1. The Morgan fingerprint density at radius 3 is 2.34 bits per heavy atom. The molecule has 0 spiro atoms. The fourth-order valence-corrected chi connectivity index (χ4v) is 5.45. The number of amides is 3. The number of ether oxygens (including phenoxy) is 2. The third-order valence-electron chi connectivity index (χ3n) is 8.63. The van der Waals surface area contributed by atoms with E-state index in [1.54, 1.807) is 93.0 Å². The summed E-state index contributed by atoms with van der Waals surface area (Å²) in [4.78, 5) is 46.7. The van der Waals surface area contributed by atoms with Crippen molar-refractivity contribution in [2.75, 3.05) is 39.5 Å². The number of morpholine rings is 1. The number of nitrogens with one attached hydrogen (secondary N) is 1. The van der Waals surface area contributed by atoms with E-state index < -0.39 is 48.4 Å². The lowest BCUT2D eigenvalue weighted by Crippen LogP contribution is -2.61. The van der Waals surface area contributed by atoms with Gasteiger partial charge < -0.3 is 25.6 Å². The van der Waals surface area contributed by atoms with Gasteiger partial charge in [-0.25, -0.2) is 0 Å². The van der Waals surface area contributed by atoms with Gasteiger partial charge in [-0.3, -0.25) is 29.2 Å². The summed E-state index contributed by atoms with van der Waals surface area (Å²) in [5.41, 5.74) is 7.64. The number of nitrogens with two attached hydrogens (primary N) is 1. The molecule has 13 heteroatoms. The number of carbonyl (C=O) groups excluding carboxylic acids is 3. The Bertz CT molecular complexity index is 1510. The van der Waals surface area contributed by atoms with E-state index in [9.17, 15) is 19.5 Å². The average molecular weight is 696 g/mol. The van der Waals surface area contributed by atoms with Crippen molar-refractivity contribution in [3.63, 3.8) is 0 Å². The molecule has 3 amide bonds. The molecule has 1 aliphatic rings. The van der Waals surface area contributed by atoms with Crippen LogP contribution in [0.3, 0.4) is 0 Å². The fourth-order valence-electron chi connectivity index (χ4n) is 5.45. The van der Waals surface area contributed by atoms with Crippen molar-refractivity contribution in [2.45, 2.75) is 63.8 Å². The van der Waals surface area contributed by atoms with Gasteiger partial charge in [0.25, 0.3) is 0 Å². The van der Waals surface area contributed by atoms with E-state index in [0.29, 0.717) is 47.2 Å². The predicted octanol–water partition coefficient (Wildman–Crippen LogP) is 2.99. The molecular weight excluding hydrogens is 648 g/mol. The maximum atomic E-state index is 16.2. The first-order valence-electron chi connectivity index (χ1n) is 16.9. The van der Waals surface area contributed by atoms with Crippen molar-refractivity contribution >= 4 is 17.7 Å². The second-order valence-electron chi connectivity index (χ2n) is 12.7. The molecule has 1 fully saturated rings. The summed E-state index contributed by atoms with van der Waals surface area (Å²) in [6.07, 6.45) is 0.0692. The number of alkyl halides is 2. The predicted molar refractivity (Wildman–Crippen MR) is 183 cm³/mol. The van der Waals surface area contributed by atoms with E-state index in [4.69, 9.17) is 15.2 Å². The number of imide groups is 1. The molecule has 2 heterocycles. The van der Waals surface area contributed by atoms with Crippen molar-refractivity contribution < 1.29 is 37.7 Å². The van der Waals surface area contributed by atoms with E-state index >= 15 is 8.78 Å². The molecule has 0 radical (unpaired) electrons. The maximum absolute atomic E-state index is 16.2. The lowest BCUT2D eigenvalue weighted by molar-refractivity contribution is -0.182. The molecule has 0 saturated carbocycles. The molecule has 1 aromatic heterocycles. The number of benzene rings is 2. The van der Waals surface area contributed by atoms with Crippen LogP contribution in [0.1, 0.15) is 37.0 Å². The molecule has 2 aromatic carbocycles. The summed E-state index contributed by atoms with van der Waals surface area (Å²) in [5, 5.41) is 13.7. The summed E-state index contributed by atoms with van der Waals surface area (Å²) in [6.45, 7) is 7.14. The Balaban J connectivity index is 1.52. The Hall–Kier alpha value is -4.30. The summed E-state index contributed by atoms with van der Waals surface area (Å²) in [7, 11) is 0. The number of aryl methyl sites for hydroxylation is 1.